The molecule has 0 aromatic carbocycles. The van der Waals surface area contributed by atoms with Gasteiger partial charge >= 0.3 is 19.5 Å². The van der Waals surface area contributed by atoms with E-state index in [2.05, 4.69) is 6.92 Å². The monoisotopic (exact) mass is 245 g/mol. The summed E-state index contributed by atoms with van der Waals surface area (Å²) >= 11 is 0. The van der Waals surface area contributed by atoms with E-state index in [1.165, 1.54) is 0 Å². The summed E-state index contributed by atoms with van der Waals surface area (Å²) in [5.74, 6) is -1.11. The molecule has 0 spiro atoms. The van der Waals surface area contributed by atoms with E-state index in [0.29, 0.717) is 6.42 Å². The molecular weight excluding hydrogens is 229 g/mol. The van der Waals surface area contributed by atoms with Gasteiger partial charge in [-0.3, -0.25) is 0 Å². The average Bonchev–Trinajstić information content (AvgIpc) is 1.89. The molecule has 2 nitrogen and oxygen atoms in total. The van der Waals surface area contributed by atoms with E-state index in [1.54, 1.807) is 0 Å². The number of rotatable bonds is 5. The number of carboxylic acid groups (broad SMARTS) is 1. The van der Waals surface area contributed by atoms with Gasteiger partial charge in [0.25, 0.3) is 0 Å². The number of carbonyl (C=O) groups excluding carboxylic acids is 1. The molecule has 0 saturated carbocycles. The van der Waals surface area contributed by atoms with Crippen LogP contribution in [0.15, 0.2) is 0 Å². The van der Waals surface area contributed by atoms with Gasteiger partial charge in [-0.15, -0.1) is 0 Å². The van der Waals surface area contributed by atoms with Gasteiger partial charge in [0.1, 0.15) is 0 Å². The number of aliphatic carboxylic acids is 1. The predicted octanol–water partition coefficient (Wildman–Crippen LogP) is 0.950. The smallest absolute Gasteiger partial charge is 0.550 e. The molecule has 0 fully saturated rings. The third kappa shape index (κ3) is 6.49. The fourth-order valence-electron chi connectivity index (χ4n) is 0.939. The fourth-order valence-corrected chi connectivity index (χ4v) is 0.939. The second-order valence-corrected chi connectivity index (χ2v) is 2.57. The van der Waals surface area contributed by atoms with Gasteiger partial charge in [0.2, 0.25) is 0 Å². The first kappa shape index (κ1) is 13.7. The Labute approximate surface area is 81.1 Å². The third-order valence-corrected chi connectivity index (χ3v) is 1.73. The van der Waals surface area contributed by atoms with Crippen LogP contribution in [-0.4, -0.2) is 5.97 Å². The van der Waals surface area contributed by atoms with Crippen molar-refractivity contribution < 1.29 is 29.4 Å². The van der Waals surface area contributed by atoms with Crippen molar-refractivity contribution in [2.24, 2.45) is 5.92 Å². The minimum Gasteiger partial charge on any atom is -0.550 e. The molecule has 0 heterocycles. The van der Waals surface area contributed by atoms with Crippen molar-refractivity contribution in [3.63, 3.8) is 0 Å². The van der Waals surface area contributed by atoms with Crippen LogP contribution < -0.4 is 5.11 Å². The van der Waals surface area contributed by atoms with Crippen molar-refractivity contribution in [2.45, 2.75) is 39.5 Å². The average molecular weight is 244 g/mol. The summed E-state index contributed by atoms with van der Waals surface area (Å²) < 4.78 is 0. The molecular formula is C8H15O2Ru. The van der Waals surface area contributed by atoms with E-state index in [-0.39, 0.29) is 25.4 Å². The van der Waals surface area contributed by atoms with Gasteiger partial charge in [0.15, 0.2) is 0 Å². The van der Waals surface area contributed by atoms with Crippen LogP contribution in [0, 0.1) is 5.92 Å². The van der Waals surface area contributed by atoms with Gasteiger partial charge in [0.05, 0.1) is 0 Å². The van der Waals surface area contributed by atoms with Crippen molar-refractivity contribution in [3.8, 4) is 0 Å². The van der Waals surface area contributed by atoms with Crippen molar-refractivity contribution in [1.82, 2.24) is 0 Å². The Bertz CT molecular complexity index is 104. The Morgan fingerprint density at radius 1 is 1.45 bits per heavy atom. The molecule has 0 amide bonds. The molecule has 0 N–H and O–H groups in total. The van der Waals surface area contributed by atoms with Crippen molar-refractivity contribution in [1.29, 1.82) is 0 Å². The molecule has 0 saturated heterocycles. The van der Waals surface area contributed by atoms with Gasteiger partial charge in [-0.1, -0.05) is 26.7 Å². The van der Waals surface area contributed by atoms with Crippen LogP contribution in [0.4, 0.5) is 0 Å². The number of carboxylic acids is 1. The van der Waals surface area contributed by atoms with E-state index in [4.69, 9.17) is 0 Å². The normalized spacial score (nSPS) is 11.8. The van der Waals surface area contributed by atoms with Crippen LogP contribution in [0.3, 0.4) is 0 Å². The molecule has 0 aliphatic heterocycles. The van der Waals surface area contributed by atoms with Gasteiger partial charge in [-0.05, 0) is 18.8 Å². The Morgan fingerprint density at radius 2 is 2.00 bits per heavy atom. The summed E-state index contributed by atoms with van der Waals surface area (Å²) in [5.41, 5.74) is 0. The minimum atomic E-state index is -0.893. The second-order valence-electron chi connectivity index (χ2n) is 2.57. The van der Waals surface area contributed by atoms with Gasteiger partial charge in [-0.25, -0.2) is 0 Å². The number of carbonyl (C=O) groups is 1. The summed E-state index contributed by atoms with van der Waals surface area (Å²) in [6, 6.07) is 0. The van der Waals surface area contributed by atoms with E-state index in [1.807, 2.05) is 6.92 Å². The third-order valence-electron chi connectivity index (χ3n) is 1.73. The van der Waals surface area contributed by atoms with Crippen LogP contribution in [-0.2, 0) is 24.3 Å². The Morgan fingerprint density at radius 3 is 2.27 bits per heavy atom. The first-order valence-electron chi connectivity index (χ1n) is 3.93. The maximum absolute atomic E-state index is 10.3. The molecule has 0 aliphatic carbocycles. The molecule has 0 rings (SSSR count). The van der Waals surface area contributed by atoms with E-state index in [9.17, 15) is 9.90 Å². The molecule has 11 heavy (non-hydrogen) atoms. The van der Waals surface area contributed by atoms with Crippen molar-refractivity contribution >= 4 is 5.97 Å². The van der Waals surface area contributed by atoms with Gasteiger partial charge < -0.3 is 9.90 Å². The second kappa shape index (κ2) is 8.19. The summed E-state index contributed by atoms with van der Waals surface area (Å²) in [7, 11) is 0. The summed E-state index contributed by atoms with van der Waals surface area (Å²) in [4.78, 5) is 10.3. The molecule has 0 aliphatic rings. The number of hydrogen-bond donors (Lipinski definition) is 0. The molecule has 0 aromatic rings. The minimum absolute atomic E-state index is 0. The van der Waals surface area contributed by atoms with Gasteiger partial charge in [0, 0.05) is 5.97 Å². The van der Waals surface area contributed by atoms with Crippen LogP contribution in [0.25, 0.3) is 0 Å². The molecule has 67 valence electrons. The zero-order chi connectivity index (χ0) is 7.98. The maximum Gasteiger partial charge on any atom is 1.00 e. The Balaban J connectivity index is 0. The predicted molar refractivity (Wildman–Crippen MR) is 38.3 cm³/mol. The van der Waals surface area contributed by atoms with Crippen LogP contribution in [0.5, 0.6) is 0 Å². The van der Waals surface area contributed by atoms with Crippen molar-refractivity contribution in [3.05, 3.63) is 0 Å². The molecule has 1 unspecified atom stereocenters. The summed E-state index contributed by atoms with van der Waals surface area (Å²) in [6.07, 6.45) is 3.52. The first-order chi connectivity index (χ1) is 4.72. The SMILES string of the molecule is CCCCC(CC)C(=O)[O-].[Ru+]. The molecule has 3 heteroatoms. The molecule has 0 aromatic heterocycles. The Hall–Kier alpha value is 0.0934. The molecule has 0 bridgehead atoms. The fraction of sp³-hybridized carbons (Fsp3) is 0.875. The number of unbranched alkanes of at least 4 members (excludes halogenated alkanes) is 1. The molecule has 1 atom stereocenters. The summed E-state index contributed by atoms with van der Waals surface area (Å²) in [5, 5.41) is 10.3. The van der Waals surface area contributed by atoms with Crippen LogP contribution in [0.1, 0.15) is 39.5 Å². The van der Waals surface area contributed by atoms with E-state index >= 15 is 0 Å². The maximum atomic E-state index is 10.3. The summed E-state index contributed by atoms with van der Waals surface area (Å²) in [6.45, 7) is 3.94. The zero-order valence-electron chi connectivity index (χ0n) is 7.08. The van der Waals surface area contributed by atoms with Crippen LogP contribution >= 0.6 is 0 Å². The van der Waals surface area contributed by atoms with E-state index in [0.717, 1.165) is 19.3 Å². The topological polar surface area (TPSA) is 40.1 Å². The van der Waals surface area contributed by atoms with Crippen LogP contribution in [0.2, 0.25) is 0 Å². The number of hydrogen-bond acceptors (Lipinski definition) is 2. The quantitative estimate of drug-likeness (QED) is 0.676. The Kier molecular flexibility index (Phi) is 10.2. The van der Waals surface area contributed by atoms with Crippen molar-refractivity contribution in [2.75, 3.05) is 0 Å². The van der Waals surface area contributed by atoms with E-state index < -0.39 is 5.97 Å². The standard InChI is InChI=1S/C8H16O2.Ru/c1-3-5-6-7(4-2)8(9)10;/h7H,3-6H2,1-2H3,(H,9,10);/q;+1/p-1. The zero-order valence-corrected chi connectivity index (χ0v) is 8.81. The molecule has 1 radical (unpaired) electrons. The first-order valence-corrected chi connectivity index (χ1v) is 3.93. The van der Waals surface area contributed by atoms with Gasteiger partial charge in [-0.2, -0.15) is 0 Å². The largest absolute Gasteiger partial charge is 1.00 e.